The average molecular weight is 245 g/mol. The highest BCUT2D eigenvalue weighted by Gasteiger charge is 2.04. The Morgan fingerprint density at radius 2 is 1.87 bits per heavy atom. The van der Waals surface area contributed by atoms with Crippen molar-refractivity contribution in [2.45, 2.75) is 6.92 Å². The topological polar surface area (TPSA) is 76.8 Å². The Bertz CT molecular complexity index is 422. The molecule has 0 spiro atoms. The molecule has 15 heavy (non-hydrogen) atoms. The van der Waals surface area contributed by atoms with Crippen molar-refractivity contribution in [3.63, 3.8) is 0 Å². The third kappa shape index (κ3) is 3.42. The quantitative estimate of drug-likeness (QED) is 0.475. The molecule has 1 aromatic rings. The summed E-state index contributed by atoms with van der Waals surface area (Å²) in [6.45, 7) is 1.75. The van der Waals surface area contributed by atoms with Crippen molar-refractivity contribution in [1.29, 1.82) is 0 Å². The second-order valence-electron chi connectivity index (χ2n) is 2.83. The van der Waals surface area contributed by atoms with E-state index in [2.05, 4.69) is 10.2 Å². The summed E-state index contributed by atoms with van der Waals surface area (Å²) in [5.41, 5.74) is 11.7. The molecule has 0 fully saturated rings. The van der Waals surface area contributed by atoms with Gasteiger partial charge in [0.1, 0.15) is 0 Å². The highest BCUT2D eigenvalue weighted by molar-refractivity contribution is 6.37. The van der Waals surface area contributed by atoms with Gasteiger partial charge in [-0.25, -0.2) is 0 Å². The summed E-state index contributed by atoms with van der Waals surface area (Å²) in [6, 6.07) is 5.11. The third-order valence-electron chi connectivity index (χ3n) is 1.64. The molecule has 0 radical (unpaired) electrons. The summed E-state index contributed by atoms with van der Waals surface area (Å²) in [4.78, 5) is 0. The number of guanidine groups is 1. The lowest BCUT2D eigenvalue weighted by atomic mass is 10.1. The summed E-state index contributed by atoms with van der Waals surface area (Å²) in [6.07, 6.45) is 0. The molecule has 0 amide bonds. The molecule has 6 heteroatoms. The summed E-state index contributed by atoms with van der Waals surface area (Å²) < 4.78 is 0. The van der Waals surface area contributed by atoms with Crippen LogP contribution in [-0.4, -0.2) is 11.7 Å². The number of hydrogen-bond donors (Lipinski definition) is 2. The van der Waals surface area contributed by atoms with Gasteiger partial charge in [0.2, 0.25) is 5.96 Å². The minimum Gasteiger partial charge on any atom is -0.369 e. The van der Waals surface area contributed by atoms with Crippen LogP contribution in [0.1, 0.15) is 12.5 Å². The first kappa shape index (κ1) is 11.8. The molecule has 0 saturated heterocycles. The Balaban J connectivity index is 3.06. The van der Waals surface area contributed by atoms with Gasteiger partial charge in [0.25, 0.3) is 0 Å². The predicted octanol–water partition coefficient (Wildman–Crippen LogP) is 1.99. The van der Waals surface area contributed by atoms with Crippen LogP contribution in [0.3, 0.4) is 0 Å². The van der Waals surface area contributed by atoms with Crippen LogP contribution < -0.4 is 11.5 Å². The molecule has 4 N–H and O–H groups in total. The predicted molar refractivity (Wildman–Crippen MR) is 64.5 cm³/mol. The number of benzene rings is 1. The summed E-state index contributed by atoms with van der Waals surface area (Å²) in [5.74, 6) is -0.0977. The van der Waals surface area contributed by atoms with Gasteiger partial charge in [-0.3, -0.25) is 0 Å². The average Bonchev–Trinajstić information content (AvgIpc) is 2.14. The maximum atomic E-state index is 5.96. The Kier molecular flexibility index (Phi) is 3.94. The molecule has 80 valence electrons. The number of nitrogens with zero attached hydrogens (tertiary/aromatic N) is 2. The largest absolute Gasteiger partial charge is 0.369 e. The summed E-state index contributed by atoms with van der Waals surface area (Å²) in [7, 11) is 0. The molecule has 0 aliphatic rings. The summed E-state index contributed by atoms with van der Waals surface area (Å²) in [5, 5.41) is 8.42. The van der Waals surface area contributed by atoms with E-state index >= 15 is 0 Å². The first-order valence-corrected chi connectivity index (χ1v) is 4.85. The summed E-state index contributed by atoms with van der Waals surface area (Å²) >= 11 is 11.7. The number of hydrogen-bond acceptors (Lipinski definition) is 2. The first-order chi connectivity index (χ1) is 7.00. The highest BCUT2D eigenvalue weighted by Crippen LogP contribution is 2.21. The molecule has 0 atom stereocenters. The first-order valence-electron chi connectivity index (χ1n) is 4.09. The fourth-order valence-corrected chi connectivity index (χ4v) is 1.51. The lowest BCUT2D eigenvalue weighted by Crippen LogP contribution is -2.22. The smallest absolute Gasteiger partial charge is 0.211 e. The third-order valence-corrected chi connectivity index (χ3v) is 2.18. The molecule has 0 aliphatic heterocycles. The molecule has 1 rings (SSSR count). The van der Waals surface area contributed by atoms with Crippen molar-refractivity contribution in [2.24, 2.45) is 21.7 Å². The molecule has 1 aromatic carbocycles. The highest BCUT2D eigenvalue weighted by atomic mass is 35.5. The van der Waals surface area contributed by atoms with Gasteiger partial charge in [0, 0.05) is 10.6 Å². The molecule has 0 aromatic heterocycles. The van der Waals surface area contributed by atoms with E-state index in [-0.39, 0.29) is 5.96 Å². The zero-order valence-corrected chi connectivity index (χ0v) is 9.55. The Hall–Kier alpha value is -1.26. The van der Waals surface area contributed by atoms with Gasteiger partial charge in [-0.2, -0.15) is 5.10 Å². The van der Waals surface area contributed by atoms with E-state index in [9.17, 15) is 0 Å². The maximum Gasteiger partial charge on any atom is 0.211 e. The van der Waals surface area contributed by atoms with E-state index in [0.717, 1.165) is 5.56 Å². The molecule has 0 unspecified atom stereocenters. The van der Waals surface area contributed by atoms with Crippen molar-refractivity contribution in [3.8, 4) is 0 Å². The molecule has 0 saturated carbocycles. The number of rotatable bonds is 2. The Labute approximate surface area is 97.6 Å². The van der Waals surface area contributed by atoms with Crippen LogP contribution >= 0.6 is 23.2 Å². The van der Waals surface area contributed by atoms with E-state index in [1.807, 2.05) is 0 Å². The van der Waals surface area contributed by atoms with Crippen molar-refractivity contribution < 1.29 is 0 Å². The van der Waals surface area contributed by atoms with E-state index in [1.54, 1.807) is 25.1 Å². The van der Waals surface area contributed by atoms with Crippen LogP contribution in [0.2, 0.25) is 10.0 Å². The monoisotopic (exact) mass is 244 g/mol. The number of nitrogens with two attached hydrogens (primary N) is 2. The van der Waals surface area contributed by atoms with Crippen LogP contribution in [-0.2, 0) is 0 Å². The normalized spacial score (nSPS) is 11.3. The number of halogens is 2. The second-order valence-corrected chi connectivity index (χ2v) is 3.68. The zero-order chi connectivity index (χ0) is 11.4. The van der Waals surface area contributed by atoms with Crippen molar-refractivity contribution in [3.05, 3.63) is 33.8 Å². The van der Waals surface area contributed by atoms with Crippen LogP contribution in [0.4, 0.5) is 0 Å². The van der Waals surface area contributed by atoms with Gasteiger partial charge in [-0.1, -0.05) is 29.3 Å². The van der Waals surface area contributed by atoms with Gasteiger partial charge in [-0.05, 0) is 19.1 Å². The van der Waals surface area contributed by atoms with E-state index < -0.39 is 0 Å². The molecular formula is C9H10Cl2N4. The van der Waals surface area contributed by atoms with Crippen molar-refractivity contribution >= 4 is 34.9 Å². The van der Waals surface area contributed by atoms with E-state index in [4.69, 9.17) is 34.7 Å². The van der Waals surface area contributed by atoms with Crippen LogP contribution in [0, 0.1) is 0 Å². The van der Waals surface area contributed by atoms with E-state index in [0.29, 0.717) is 15.8 Å². The lowest BCUT2D eigenvalue weighted by Gasteiger charge is -2.02. The van der Waals surface area contributed by atoms with Gasteiger partial charge in [0.15, 0.2) is 0 Å². The standard InChI is InChI=1S/C9H10Cl2N4/c1-5(14-15-9(12)13)7-3-2-6(10)4-8(7)11/h2-4H,1H3,(H4,12,13,15). The lowest BCUT2D eigenvalue weighted by molar-refractivity contribution is 1.20. The van der Waals surface area contributed by atoms with Crippen molar-refractivity contribution in [2.75, 3.05) is 0 Å². The van der Waals surface area contributed by atoms with Crippen molar-refractivity contribution in [1.82, 2.24) is 0 Å². The fraction of sp³-hybridized carbons (Fsp3) is 0.111. The van der Waals surface area contributed by atoms with E-state index in [1.165, 1.54) is 0 Å². The Morgan fingerprint density at radius 1 is 1.20 bits per heavy atom. The molecular weight excluding hydrogens is 235 g/mol. The van der Waals surface area contributed by atoms with Gasteiger partial charge in [-0.15, -0.1) is 5.10 Å². The molecule has 0 heterocycles. The van der Waals surface area contributed by atoms with Crippen LogP contribution in [0.5, 0.6) is 0 Å². The molecule has 4 nitrogen and oxygen atoms in total. The second kappa shape index (κ2) is 5.00. The SMILES string of the molecule is CC(=NN=C(N)N)c1ccc(Cl)cc1Cl. The molecule has 0 aliphatic carbocycles. The zero-order valence-electron chi connectivity index (χ0n) is 8.04. The van der Waals surface area contributed by atoms with Crippen LogP contribution in [0.25, 0.3) is 0 Å². The van der Waals surface area contributed by atoms with Crippen LogP contribution in [0.15, 0.2) is 28.4 Å². The fourth-order valence-electron chi connectivity index (χ4n) is 0.969. The maximum absolute atomic E-state index is 5.96. The minimum atomic E-state index is -0.0977. The van der Waals surface area contributed by atoms with Gasteiger partial charge < -0.3 is 11.5 Å². The van der Waals surface area contributed by atoms with Gasteiger partial charge in [0.05, 0.1) is 10.7 Å². The minimum absolute atomic E-state index is 0.0977. The molecule has 0 bridgehead atoms. The van der Waals surface area contributed by atoms with Gasteiger partial charge >= 0.3 is 0 Å². The Morgan fingerprint density at radius 3 is 2.40 bits per heavy atom.